The van der Waals surface area contributed by atoms with E-state index in [1.165, 1.54) is 75.0 Å². The highest BCUT2D eigenvalue weighted by Crippen LogP contribution is 2.37. The number of benzene rings is 2. The molecule has 99 heavy (non-hydrogen) atoms. The van der Waals surface area contributed by atoms with Crippen molar-refractivity contribution in [3.63, 3.8) is 0 Å². The minimum absolute atomic E-state index is 0.0124. The Bertz CT molecular complexity index is 3280. The Morgan fingerprint density at radius 2 is 1.24 bits per heavy atom. The van der Waals surface area contributed by atoms with Crippen molar-refractivity contribution in [1.82, 2.24) is 60.0 Å². The fourth-order valence-corrected chi connectivity index (χ4v) is 14.3. The van der Waals surface area contributed by atoms with Crippen molar-refractivity contribution < 1.29 is 70.7 Å². The quantitative estimate of drug-likeness (QED) is 0.251. The van der Waals surface area contributed by atoms with E-state index in [2.05, 4.69) is 31.9 Å². The molecule has 1 aliphatic carbocycles. The average molecular weight is 1480 g/mol. The summed E-state index contributed by atoms with van der Waals surface area (Å²) in [4.78, 5) is 189. The maximum atomic E-state index is 15.4. The van der Waals surface area contributed by atoms with Gasteiger partial charge < -0.3 is 60.0 Å². The standard InChI is InChI=1S/C70H101BrClF3N12O12/c1-14-44(6)59-66(97)81(9)40-57(90)79(7)41-58(91)83(11)53(37-46-22-26-47(71)27-23-46)64(95)80(8)39-55(88)76-50(29-25-45-24-28-48(49(72)36-45)70(73,74)75)63(94)87-34-20-21-51(87)62(93)78-69(30-16-17-31-69)68(99)85(13)60(43(4)5)67(98)84(12)54(65(96)86-32-18-15-19-33-86)38-56(89)82(10)52(35-42(2)3)61(92)77-59/h22-24,26-28,36,42-44,50-54,59-60H,14-21,25,29-35,37-41H2,1-13H3,(H,76,88)(H,77,92)(H,78,93)/t44-,50-,51-,52-,53-,54-,59-,60-/m0/s1. The molecule has 24 nitrogen and oxygen atoms in total. The summed E-state index contributed by atoms with van der Waals surface area (Å²) in [6, 6.07) is 0.938. The second kappa shape index (κ2) is 35.3. The van der Waals surface area contributed by atoms with Gasteiger partial charge in [-0.3, -0.25) is 57.5 Å². The Morgan fingerprint density at radius 3 is 1.83 bits per heavy atom. The van der Waals surface area contributed by atoms with Crippen molar-refractivity contribution in [1.29, 1.82) is 0 Å². The Kier molecular flexibility index (Phi) is 28.7. The summed E-state index contributed by atoms with van der Waals surface area (Å²) in [5, 5.41) is 8.02. The number of nitrogens with zero attached hydrogens (tertiary/aromatic N) is 9. The fourth-order valence-electron chi connectivity index (χ4n) is 13.7. The van der Waals surface area contributed by atoms with Gasteiger partial charge in [-0.1, -0.05) is 107 Å². The van der Waals surface area contributed by atoms with Crippen LogP contribution in [0.15, 0.2) is 46.9 Å². The van der Waals surface area contributed by atoms with E-state index in [-0.39, 0.29) is 63.0 Å². The van der Waals surface area contributed by atoms with E-state index in [4.69, 9.17) is 11.6 Å². The lowest BCUT2D eigenvalue weighted by Crippen LogP contribution is -2.65. The molecule has 548 valence electrons. The lowest BCUT2D eigenvalue weighted by molar-refractivity contribution is -0.156. The van der Waals surface area contributed by atoms with Crippen LogP contribution in [0.5, 0.6) is 0 Å². The maximum absolute atomic E-state index is 15.4. The van der Waals surface area contributed by atoms with Crippen LogP contribution in [0, 0.1) is 17.8 Å². The van der Waals surface area contributed by atoms with Crippen LogP contribution in [-0.2, 0) is 76.6 Å². The third kappa shape index (κ3) is 20.4. The van der Waals surface area contributed by atoms with Gasteiger partial charge in [-0.25, -0.2) is 0 Å². The molecule has 3 heterocycles. The van der Waals surface area contributed by atoms with E-state index >= 15 is 19.2 Å². The molecule has 6 rings (SSSR count). The normalized spacial score (nSPS) is 24.9. The number of fused-ring (bicyclic) bond motifs is 1. The lowest BCUT2D eigenvalue weighted by Gasteiger charge is -2.42. The monoisotopic (exact) mass is 1470 g/mol. The first-order valence-electron chi connectivity index (χ1n) is 34.3. The molecule has 1 spiro atoms. The average Bonchev–Trinajstić information content (AvgIpc) is 1.77. The van der Waals surface area contributed by atoms with Crippen LogP contribution >= 0.6 is 27.5 Å². The summed E-state index contributed by atoms with van der Waals surface area (Å²) in [7, 11) is 9.64. The minimum Gasteiger partial charge on any atom is -0.343 e. The second-order valence-electron chi connectivity index (χ2n) is 28.1. The van der Waals surface area contributed by atoms with Crippen molar-refractivity contribution in [2.45, 2.75) is 192 Å². The zero-order valence-electron chi connectivity index (χ0n) is 59.5. The molecular formula is C70H101BrClF3N12O12. The first kappa shape index (κ1) is 80.6. The van der Waals surface area contributed by atoms with Gasteiger partial charge >= 0.3 is 6.18 Å². The smallest absolute Gasteiger partial charge is 0.343 e. The summed E-state index contributed by atoms with van der Waals surface area (Å²) in [6.45, 7) is 9.60. The van der Waals surface area contributed by atoms with E-state index < -0.39 is 173 Å². The number of rotatable bonds is 11. The molecule has 0 radical (unpaired) electrons. The number of carbonyl (C=O) groups excluding carboxylic acids is 12. The largest absolute Gasteiger partial charge is 0.417 e. The Morgan fingerprint density at radius 1 is 0.646 bits per heavy atom. The van der Waals surface area contributed by atoms with Crippen molar-refractivity contribution in [3.05, 3.63) is 68.7 Å². The highest BCUT2D eigenvalue weighted by atomic mass is 79.9. The Balaban J connectivity index is 1.43. The van der Waals surface area contributed by atoms with Crippen LogP contribution in [0.2, 0.25) is 5.02 Å². The van der Waals surface area contributed by atoms with Crippen LogP contribution in [0.25, 0.3) is 0 Å². The number of likely N-dealkylation sites (N-methyl/N-ethyl adjacent to an activating group) is 7. The first-order chi connectivity index (χ1) is 46.4. The molecule has 0 bridgehead atoms. The van der Waals surface area contributed by atoms with E-state index in [0.29, 0.717) is 57.2 Å². The molecule has 4 fully saturated rings. The highest BCUT2D eigenvalue weighted by Gasteiger charge is 2.51. The number of hydrogen-bond acceptors (Lipinski definition) is 12. The van der Waals surface area contributed by atoms with Crippen molar-refractivity contribution in [3.8, 4) is 0 Å². The molecule has 3 aliphatic heterocycles. The van der Waals surface area contributed by atoms with Crippen molar-refractivity contribution >= 4 is 98.4 Å². The predicted octanol–water partition coefficient (Wildman–Crippen LogP) is 5.53. The van der Waals surface area contributed by atoms with Gasteiger partial charge in [-0.15, -0.1) is 0 Å². The molecule has 29 heteroatoms. The summed E-state index contributed by atoms with van der Waals surface area (Å²) >= 11 is 9.55. The minimum atomic E-state index is -4.77. The van der Waals surface area contributed by atoms with Crippen molar-refractivity contribution in [2.24, 2.45) is 17.8 Å². The number of nitrogens with one attached hydrogen (secondary N) is 3. The van der Waals surface area contributed by atoms with Crippen LogP contribution in [0.3, 0.4) is 0 Å². The molecule has 3 N–H and O–H groups in total. The zero-order chi connectivity index (χ0) is 73.7. The molecule has 0 unspecified atom stereocenters. The number of halogens is 5. The third-order valence-corrected chi connectivity index (χ3v) is 20.8. The topological polar surface area (TPSA) is 270 Å². The van der Waals surface area contributed by atoms with Crippen molar-refractivity contribution in [2.75, 3.05) is 88.6 Å². The number of piperidine rings is 1. The molecule has 4 aliphatic rings. The van der Waals surface area contributed by atoms with Crippen LogP contribution < -0.4 is 16.0 Å². The number of likely N-dealkylation sites (tertiary alicyclic amines) is 1. The predicted molar refractivity (Wildman–Crippen MR) is 368 cm³/mol. The van der Waals surface area contributed by atoms with Crippen LogP contribution in [-0.4, -0.2) is 251 Å². The van der Waals surface area contributed by atoms with Gasteiger partial charge in [0.25, 0.3) is 0 Å². The Labute approximate surface area is 593 Å². The van der Waals surface area contributed by atoms with Gasteiger partial charge in [0.15, 0.2) is 0 Å². The van der Waals surface area contributed by atoms with Gasteiger partial charge in [0, 0.05) is 79.9 Å². The molecule has 8 atom stereocenters. The summed E-state index contributed by atoms with van der Waals surface area (Å²) in [6.07, 6.45) is -1.35. The first-order valence-corrected chi connectivity index (χ1v) is 35.5. The van der Waals surface area contributed by atoms with E-state index in [1.54, 1.807) is 49.9 Å². The SMILES string of the molecule is CC[C@H](C)[C@@H]1NC(=O)[C@H](CC(C)C)N(C)C(=O)C[C@@H](C(=O)N2CCCCC2)N(C)C(=O)[C@H](C(C)C)N(C)C(=O)C2(CCCC2)NC(=O)[C@@H]2CCCN2C(=O)[C@H](CCc2ccc(C(F)(F)F)c(Cl)c2)NC(=O)CN(C)C(=O)[C@H](Cc2ccc(Br)cc2)N(C)C(=O)CN(C)C(=O)CN(C)C1=O. The fraction of sp³-hybridized carbons (Fsp3) is 0.657. The van der Waals surface area contributed by atoms with Crippen LogP contribution in [0.1, 0.15) is 142 Å². The number of carbonyl (C=O) groups is 12. The molecule has 3 saturated heterocycles. The van der Waals surface area contributed by atoms with E-state index in [0.717, 1.165) is 42.6 Å². The molecule has 2 aromatic rings. The van der Waals surface area contributed by atoms with Gasteiger partial charge in [0.05, 0.1) is 36.6 Å². The molecule has 0 aromatic heterocycles. The molecule has 1 saturated carbocycles. The zero-order valence-corrected chi connectivity index (χ0v) is 61.8. The molecule has 2 aromatic carbocycles. The Hall–Kier alpha value is -7.36. The van der Waals surface area contributed by atoms with Gasteiger partial charge in [-0.05, 0) is 117 Å². The van der Waals surface area contributed by atoms with Gasteiger partial charge in [0.2, 0.25) is 70.9 Å². The number of alkyl halides is 3. The number of aryl methyl sites for hydroxylation is 1. The van der Waals surface area contributed by atoms with Crippen LogP contribution in [0.4, 0.5) is 13.2 Å². The maximum Gasteiger partial charge on any atom is 0.417 e. The summed E-state index contributed by atoms with van der Waals surface area (Å²) in [5.74, 6) is -9.58. The summed E-state index contributed by atoms with van der Waals surface area (Å²) in [5.41, 5.74) is -1.80. The highest BCUT2D eigenvalue weighted by molar-refractivity contribution is 9.10. The van der Waals surface area contributed by atoms with E-state index in [9.17, 15) is 51.5 Å². The molecule has 12 amide bonds. The number of amides is 12. The number of hydrogen-bond donors (Lipinski definition) is 3. The molecular weight excluding hydrogens is 1370 g/mol. The summed E-state index contributed by atoms with van der Waals surface area (Å²) < 4.78 is 42.3. The van der Waals surface area contributed by atoms with Gasteiger partial charge in [0.1, 0.15) is 47.8 Å². The van der Waals surface area contributed by atoms with E-state index in [1.807, 2.05) is 20.8 Å². The lowest BCUT2D eigenvalue weighted by atomic mass is 9.91. The van der Waals surface area contributed by atoms with Gasteiger partial charge in [-0.2, -0.15) is 13.2 Å². The second-order valence-corrected chi connectivity index (χ2v) is 29.4. The third-order valence-electron chi connectivity index (χ3n) is 19.9.